The van der Waals surface area contributed by atoms with Gasteiger partial charge in [0.2, 0.25) is 0 Å². The molecule has 0 bridgehead atoms. The molecule has 0 aromatic heterocycles. The third-order valence-electron chi connectivity index (χ3n) is 2.27. The van der Waals surface area contributed by atoms with Crippen LogP contribution in [0.1, 0.15) is 11.1 Å². The van der Waals surface area contributed by atoms with Crippen LogP contribution in [-0.2, 0) is 0 Å². The van der Waals surface area contributed by atoms with E-state index in [2.05, 4.69) is 34.3 Å². The van der Waals surface area contributed by atoms with Crippen LogP contribution in [0.2, 0.25) is 0 Å². The summed E-state index contributed by atoms with van der Waals surface area (Å²) in [6.07, 6.45) is 1.40. The zero-order valence-corrected chi connectivity index (χ0v) is 11.3. The number of hydrogen-bond acceptors (Lipinski definition) is 1. The van der Waals surface area contributed by atoms with Crippen LogP contribution in [0.3, 0.4) is 0 Å². The fourth-order valence-electron chi connectivity index (χ4n) is 1.45. The molecule has 2 rings (SSSR count). The van der Waals surface area contributed by atoms with Crippen molar-refractivity contribution in [3.63, 3.8) is 0 Å². The van der Waals surface area contributed by atoms with Crippen LogP contribution in [-0.4, -0.2) is 0 Å². The molecule has 0 N–H and O–H groups in total. The molecule has 0 aliphatic carbocycles. The van der Waals surface area contributed by atoms with Gasteiger partial charge in [-0.05, 0) is 30.3 Å². The second-order valence-electron chi connectivity index (χ2n) is 3.54. The van der Waals surface area contributed by atoms with Gasteiger partial charge >= 0.3 is 0 Å². The van der Waals surface area contributed by atoms with Crippen molar-refractivity contribution >= 4 is 15.9 Å². The molecule has 88 valence electrons. The van der Waals surface area contributed by atoms with Gasteiger partial charge in [-0.15, -0.1) is 0 Å². The maximum atomic E-state index is 5.32. The number of hydrogen-bond donors (Lipinski definition) is 0. The van der Waals surface area contributed by atoms with Crippen LogP contribution in [0, 0.1) is 11.8 Å². The van der Waals surface area contributed by atoms with E-state index in [1.807, 2.05) is 48.5 Å². The molecule has 0 unspecified atom stereocenters. The highest BCUT2D eigenvalue weighted by atomic mass is 79.9. The Morgan fingerprint density at radius 3 is 2.56 bits per heavy atom. The highest BCUT2D eigenvalue weighted by molar-refractivity contribution is 9.10. The van der Waals surface area contributed by atoms with Crippen molar-refractivity contribution < 1.29 is 4.74 Å². The Hall–Kier alpha value is -1.98. The van der Waals surface area contributed by atoms with E-state index in [-0.39, 0.29) is 0 Å². The number of ether oxygens (including phenoxy) is 1. The summed E-state index contributed by atoms with van der Waals surface area (Å²) < 4.78 is 6.29. The Kier molecular flexibility index (Phi) is 4.22. The highest BCUT2D eigenvalue weighted by Crippen LogP contribution is 2.22. The fourth-order valence-corrected chi connectivity index (χ4v) is 1.81. The number of rotatable bonds is 2. The third kappa shape index (κ3) is 3.26. The molecule has 0 saturated carbocycles. The van der Waals surface area contributed by atoms with Gasteiger partial charge in [0.25, 0.3) is 0 Å². The number of halogens is 1. The summed E-state index contributed by atoms with van der Waals surface area (Å²) >= 11 is 3.42. The summed E-state index contributed by atoms with van der Waals surface area (Å²) in [5.74, 6) is 6.91. The third-order valence-corrected chi connectivity index (χ3v) is 2.76. The quantitative estimate of drug-likeness (QED) is 0.591. The number of benzene rings is 2. The molecule has 2 aromatic carbocycles. The summed E-state index contributed by atoms with van der Waals surface area (Å²) in [6, 6.07) is 15.5. The van der Waals surface area contributed by atoms with Crippen molar-refractivity contribution in [1.82, 2.24) is 0 Å². The minimum absolute atomic E-state index is 0.705. The molecule has 0 aliphatic heterocycles. The Labute approximate surface area is 115 Å². The summed E-state index contributed by atoms with van der Waals surface area (Å²) in [6.45, 7) is 3.56. The van der Waals surface area contributed by atoms with E-state index in [1.165, 1.54) is 6.26 Å². The second-order valence-corrected chi connectivity index (χ2v) is 4.46. The molecular weight excluding hydrogens is 288 g/mol. The van der Waals surface area contributed by atoms with Gasteiger partial charge in [0.15, 0.2) is 0 Å². The minimum Gasteiger partial charge on any atom is -0.464 e. The summed E-state index contributed by atoms with van der Waals surface area (Å²) in [7, 11) is 0. The van der Waals surface area contributed by atoms with E-state index >= 15 is 0 Å². The van der Waals surface area contributed by atoms with Crippen molar-refractivity contribution in [2.24, 2.45) is 0 Å². The molecule has 0 amide bonds. The van der Waals surface area contributed by atoms with Crippen LogP contribution >= 0.6 is 15.9 Å². The lowest BCUT2D eigenvalue weighted by atomic mass is 10.1. The zero-order chi connectivity index (χ0) is 12.8. The van der Waals surface area contributed by atoms with Crippen LogP contribution in [0.25, 0.3) is 0 Å². The molecule has 0 saturated heterocycles. The van der Waals surface area contributed by atoms with Crippen LogP contribution < -0.4 is 4.74 Å². The molecule has 2 heteroatoms. The van der Waals surface area contributed by atoms with E-state index < -0.39 is 0 Å². The SMILES string of the molecule is C=COc1ccc(Br)cc1C#Cc1ccccc1. The standard InChI is InChI=1S/C16H11BrO/c1-2-18-16-11-10-15(17)12-14(16)9-8-13-6-4-3-5-7-13/h2-7,10-12H,1H2. The van der Waals surface area contributed by atoms with Gasteiger partial charge in [-0.25, -0.2) is 0 Å². The van der Waals surface area contributed by atoms with Gasteiger partial charge in [0.05, 0.1) is 11.8 Å². The lowest BCUT2D eigenvalue weighted by Gasteiger charge is -2.03. The average Bonchev–Trinajstić information content (AvgIpc) is 2.40. The van der Waals surface area contributed by atoms with Crippen molar-refractivity contribution in [3.8, 4) is 17.6 Å². The first-order chi connectivity index (χ1) is 8.79. The van der Waals surface area contributed by atoms with E-state index in [0.717, 1.165) is 15.6 Å². The normalized spacial score (nSPS) is 9.17. The molecule has 0 spiro atoms. The Morgan fingerprint density at radius 2 is 1.83 bits per heavy atom. The molecule has 0 aliphatic rings. The van der Waals surface area contributed by atoms with Gasteiger partial charge < -0.3 is 4.74 Å². The Bertz CT molecular complexity index is 606. The van der Waals surface area contributed by atoms with Crippen molar-refractivity contribution in [2.45, 2.75) is 0 Å². The monoisotopic (exact) mass is 298 g/mol. The van der Waals surface area contributed by atoms with Crippen LogP contribution in [0.5, 0.6) is 5.75 Å². The van der Waals surface area contributed by atoms with E-state index in [1.54, 1.807) is 0 Å². The van der Waals surface area contributed by atoms with Gasteiger partial charge in [-0.2, -0.15) is 0 Å². The zero-order valence-electron chi connectivity index (χ0n) is 9.69. The molecule has 0 radical (unpaired) electrons. The average molecular weight is 299 g/mol. The Balaban J connectivity index is 2.36. The van der Waals surface area contributed by atoms with Crippen LogP contribution in [0.4, 0.5) is 0 Å². The van der Waals surface area contributed by atoms with Crippen molar-refractivity contribution in [2.75, 3.05) is 0 Å². The highest BCUT2D eigenvalue weighted by Gasteiger charge is 2.00. The molecule has 1 nitrogen and oxygen atoms in total. The largest absolute Gasteiger partial charge is 0.464 e. The van der Waals surface area contributed by atoms with Crippen molar-refractivity contribution in [1.29, 1.82) is 0 Å². The first-order valence-electron chi connectivity index (χ1n) is 5.44. The first-order valence-corrected chi connectivity index (χ1v) is 6.23. The molecule has 0 heterocycles. The first kappa shape index (κ1) is 12.5. The van der Waals surface area contributed by atoms with Gasteiger partial charge in [0, 0.05) is 10.0 Å². The van der Waals surface area contributed by atoms with Crippen molar-refractivity contribution in [3.05, 3.63) is 77.0 Å². The molecular formula is C16H11BrO. The lowest BCUT2D eigenvalue weighted by Crippen LogP contribution is -1.86. The van der Waals surface area contributed by atoms with Crippen LogP contribution in [0.15, 0.2) is 65.8 Å². The van der Waals surface area contributed by atoms with E-state index in [0.29, 0.717) is 5.75 Å². The topological polar surface area (TPSA) is 9.23 Å². The fraction of sp³-hybridized carbons (Fsp3) is 0. The maximum absolute atomic E-state index is 5.32. The van der Waals surface area contributed by atoms with Gasteiger partial charge in [-0.3, -0.25) is 0 Å². The lowest BCUT2D eigenvalue weighted by molar-refractivity contribution is 0.482. The molecule has 2 aromatic rings. The molecule has 0 fully saturated rings. The maximum Gasteiger partial charge on any atom is 0.142 e. The van der Waals surface area contributed by atoms with E-state index in [9.17, 15) is 0 Å². The van der Waals surface area contributed by atoms with Gasteiger partial charge in [-0.1, -0.05) is 52.5 Å². The Morgan fingerprint density at radius 1 is 1.06 bits per heavy atom. The smallest absolute Gasteiger partial charge is 0.142 e. The van der Waals surface area contributed by atoms with Gasteiger partial charge in [0.1, 0.15) is 5.75 Å². The summed E-state index contributed by atoms with van der Waals surface area (Å²) in [4.78, 5) is 0. The molecule has 0 atom stereocenters. The van der Waals surface area contributed by atoms with E-state index in [4.69, 9.17) is 4.74 Å². The molecule has 18 heavy (non-hydrogen) atoms. The second kappa shape index (κ2) is 6.09. The predicted octanol–water partition coefficient (Wildman–Crippen LogP) is 4.37. The predicted molar refractivity (Wildman–Crippen MR) is 77.4 cm³/mol. The summed E-state index contributed by atoms with van der Waals surface area (Å²) in [5.41, 5.74) is 1.80. The minimum atomic E-state index is 0.705. The summed E-state index contributed by atoms with van der Waals surface area (Å²) in [5, 5.41) is 0.